The van der Waals surface area contributed by atoms with Gasteiger partial charge in [-0.05, 0) is 43.0 Å². The predicted octanol–water partition coefficient (Wildman–Crippen LogP) is 2.16. The molecule has 23 heavy (non-hydrogen) atoms. The predicted molar refractivity (Wildman–Crippen MR) is 83.4 cm³/mol. The Morgan fingerprint density at radius 2 is 2.04 bits per heavy atom. The zero-order valence-electron chi connectivity index (χ0n) is 12.9. The molecule has 0 aliphatic carbocycles. The van der Waals surface area contributed by atoms with Gasteiger partial charge in [0.1, 0.15) is 0 Å². The van der Waals surface area contributed by atoms with E-state index >= 15 is 0 Å². The van der Waals surface area contributed by atoms with Crippen molar-refractivity contribution in [2.45, 2.75) is 19.4 Å². The molecule has 4 rings (SSSR count). The van der Waals surface area contributed by atoms with E-state index in [1.165, 1.54) is 0 Å². The van der Waals surface area contributed by atoms with Crippen LogP contribution in [0.2, 0.25) is 0 Å². The van der Waals surface area contributed by atoms with E-state index < -0.39 is 0 Å². The number of hydrogen-bond donors (Lipinski definition) is 0. The van der Waals surface area contributed by atoms with Crippen molar-refractivity contribution in [1.82, 2.24) is 14.7 Å². The lowest BCUT2D eigenvalue weighted by Crippen LogP contribution is -2.39. The second kappa shape index (κ2) is 5.95. The van der Waals surface area contributed by atoms with E-state index in [0.29, 0.717) is 23.0 Å². The maximum Gasteiger partial charge on any atom is 0.253 e. The maximum atomic E-state index is 12.6. The van der Waals surface area contributed by atoms with Gasteiger partial charge in [0, 0.05) is 37.6 Å². The lowest BCUT2D eigenvalue weighted by atomic mass is 9.96. The maximum absolute atomic E-state index is 12.6. The van der Waals surface area contributed by atoms with E-state index in [4.69, 9.17) is 9.47 Å². The number of amides is 1. The molecule has 2 aromatic rings. The van der Waals surface area contributed by atoms with Crippen LogP contribution in [-0.4, -0.2) is 40.5 Å². The molecule has 1 aromatic heterocycles. The van der Waals surface area contributed by atoms with Gasteiger partial charge in [-0.3, -0.25) is 9.48 Å². The van der Waals surface area contributed by atoms with Gasteiger partial charge in [0.25, 0.3) is 5.91 Å². The molecule has 2 aliphatic heterocycles. The molecule has 3 heterocycles. The molecule has 1 fully saturated rings. The van der Waals surface area contributed by atoms with Crippen molar-refractivity contribution in [3.63, 3.8) is 0 Å². The van der Waals surface area contributed by atoms with E-state index in [0.717, 1.165) is 32.5 Å². The summed E-state index contributed by atoms with van der Waals surface area (Å²) in [5.74, 6) is 2.01. The van der Waals surface area contributed by atoms with E-state index in [2.05, 4.69) is 5.10 Å². The number of aromatic nitrogens is 2. The minimum absolute atomic E-state index is 0.0702. The summed E-state index contributed by atoms with van der Waals surface area (Å²) in [6.07, 6.45) is 5.81. The zero-order valence-corrected chi connectivity index (χ0v) is 12.9. The standard InChI is InChI=1S/C17H19N3O3/c21-17(14-2-3-15-16(10-14)23-12-22-15)19-8-4-13(5-9-19)11-20-7-1-6-18-20/h1-3,6-7,10,13H,4-5,8-9,11-12H2. The summed E-state index contributed by atoms with van der Waals surface area (Å²) in [7, 11) is 0. The summed E-state index contributed by atoms with van der Waals surface area (Å²) in [4.78, 5) is 14.6. The fourth-order valence-corrected chi connectivity index (χ4v) is 3.20. The Bertz CT molecular complexity index is 691. The second-order valence-electron chi connectivity index (χ2n) is 6.03. The van der Waals surface area contributed by atoms with Gasteiger partial charge in [0.05, 0.1) is 0 Å². The first-order valence-corrected chi connectivity index (χ1v) is 7.96. The number of nitrogens with zero attached hydrogens (tertiary/aromatic N) is 3. The van der Waals surface area contributed by atoms with Crippen LogP contribution in [0.5, 0.6) is 11.5 Å². The average molecular weight is 313 g/mol. The first kappa shape index (κ1) is 14.1. The Hall–Kier alpha value is -2.50. The SMILES string of the molecule is O=C(c1ccc2c(c1)OCO2)N1CCC(Cn2cccn2)CC1. The van der Waals surface area contributed by atoms with E-state index in [1.54, 1.807) is 18.3 Å². The minimum Gasteiger partial charge on any atom is -0.454 e. The highest BCUT2D eigenvalue weighted by molar-refractivity contribution is 5.95. The van der Waals surface area contributed by atoms with Crippen LogP contribution < -0.4 is 9.47 Å². The third kappa shape index (κ3) is 2.88. The molecule has 6 heteroatoms. The van der Waals surface area contributed by atoms with Gasteiger partial charge in [-0.2, -0.15) is 5.10 Å². The van der Waals surface area contributed by atoms with Gasteiger partial charge in [0.2, 0.25) is 6.79 Å². The van der Waals surface area contributed by atoms with Crippen molar-refractivity contribution in [3.8, 4) is 11.5 Å². The van der Waals surface area contributed by atoms with Crippen molar-refractivity contribution >= 4 is 5.91 Å². The first-order valence-electron chi connectivity index (χ1n) is 7.96. The lowest BCUT2D eigenvalue weighted by molar-refractivity contribution is 0.0681. The summed E-state index contributed by atoms with van der Waals surface area (Å²) >= 11 is 0. The molecule has 0 unspecified atom stereocenters. The van der Waals surface area contributed by atoms with Gasteiger partial charge in [-0.25, -0.2) is 0 Å². The Kier molecular flexibility index (Phi) is 3.65. The van der Waals surface area contributed by atoms with Gasteiger partial charge in [-0.15, -0.1) is 0 Å². The van der Waals surface area contributed by atoms with Crippen LogP contribution in [0.25, 0.3) is 0 Å². The Morgan fingerprint density at radius 3 is 2.83 bits per heavy atom. The van der Waals surface area contributed by atoms with Crippen molar-refractivity contribution in [3.05, 3.63) is 42.2 Å². The quantitative estimate of drug-likeness (QED) is 0.871. The number of rotatable bonds is 3. The van der Waals surface area contributed by atoms with Gasteiger partial charge in [-0.1, -0.05) is 0 Å². The molecule has 2 aliphatic rings. The number of carbonyl (C=O) groups excluding carboxylic acids is 1. The van der Waals surface area contributed by atoms with Crippen LogP contribution in [-0.2, 0) is 6.54 Å². The normalized spacial score (nSPS) is 17.5. The fourth-order valence-electron chi connectivity index (χ4n) is 3.20. The highest BCUT2D eigenvalue weighted by atomic mass is 16.7. The topological polar surface area (TPSA) is 56.6 Å². The van der Waals surface area contributed by atoms with Crippen molar-refractivity contribution in [2.75, 3.05) is 19.9 Å². The van der Waals surface area contributed by atoms with E-state index in [9.17, 15) is 4.79 Å². The number of likely N-dealkylation sites (tertiary alicyclic amines) is 1. The largest absolute Gasteiger partial charge is 0.454 e. The van der Waals surface area contributed by atoms with E-state index in [-0.39, 0.29) is 12.7 Å². The summed E-state index contributed by atoms with van der Waals surface area (Å²) < 4.78 is 12.6. The van der Waals surface area contributed by atoms with Gasteiger partial charge in [0.15, 0.2) is 11.5 Å². The van der Waals surface area contributed by atoms with E-state index in [1.807, 2.05) is 27.9 Å². The zero-order chi connectivity index (χ0) is 15.6. The highest BCUT2D eigenvalue weighted by Gasteiger charge is 2.25. The molecule has 1 aromatic carbocycles. The summed E-state index contributed by atoms with van der Waals surface area (Å²) in [5, 5.41) is 4.26. The number of benzene rings is 1. The Balaban J connectivity index is 1.37. The molecular formula is C17H19N3O3. The summed E-state index contributed by atoms with van der Waals surface area (Å²) in [6.45, 7) is 2.74. The number of ether oxygens (including phenoxy) is 2. The highest BCUT2D eigenvalue weighted by Crippen LogP contribution is 2.33. The van der Waals surface area contributed by atoms with Crippen LogP contribution in [0.15, 0.2) is 36.7 Å². The van der Waals surface area contributed by atoms with Crippen molar-refractivity contribution < 1.29 is 14.3 Å². The third-order valence-corrected chi connectivity index (χ3v) is 4.53. The van der Waals surface area contributed by atoms with Crippen LogP contribution in [0.4, 0.5) is 0 Å². The Morgan fingerprint density at radius 1 is 1.22 bits per heavy atom. The summed E-state index contributed by atoms with van der Waals surface area (Å²) in [6, 6.07) is 7.34. The molecule has 120 valence electrons. The number of fused-ring (bicyclic) bond motifs is 1. The molecule has 6 nitrogen and oxygen atoms in total. The second-order valence-corrected chi connectivity index (χ2v) is 6.03. The van der Waals surface area contributed by atoms with Crippen LogP contribution in [0.3, 0.4) is 0 Å². The molecule has 0 saturated carbocycles. The minimum atomic E-state index is 0.0702. The molecule has 1 amide bonds. The van der Waals surface area contributed by atoms with Crippen LogP contribution in [0.1, 0.15) is 23.2 Å². The smallest absolute Gasteiger partial charge is 0.253 e. The van der Waals surface area contributed by atoms with Crippen LogP contribution >= 0.6 is 0 Å². The monoisotopic (exact) mass is 313 g/mol. The third-order valence-electron chi connectivity index (χ3n) is 4.53. The molecule has 0 N–H and O–H groups in total. The molecule has 0 radical (unpaired) electrons. The fraction of sp³-hybridized carbons (Fsp3) is 0.412. The van der Waals surface area contributed by atoms with Crippen LogP contribution in [0, 0.1) is 5.92 Å². The Labute approximate surface area is 134 Å². The van der Waals surface area contributed by atoms with Gasteiger partial charge >= 0.3 is 0 Å². The summed E-state index contributed by atoms with van der Waals surface area (Å²) in [5.41, 5.74) is 0.666. The molecule has 0 bridgehead atoms. The lowest BCUT2D eigenvalue weighted by Gasteiger charge is -2.32. The average Bonchev–Trinajstić information content (AvgIpc) is 3.25. The van der Waals surface area contributed by atoms with Crippen molar-refractivity contribution in [2.24, 2.45) is 5.92 Å². The molecule has 1 saturated heterocycles. The number of carbonyl (C=O) groups is 1. The van der Waals surface area contributed by atoms with Crippen molar-refractivity contribution in [1.29, 1.82) is 0 Å². The molecule has 0 spiro atoms. The molecule has 0 atom stereocenters. The molecular weight excluding hydrogens is 294 g/mol. The van der Waals surface area contributed by atoms with Gasteiger partial charge < -0.3 is 14.4 Å². The number of hydrogen-bond acceptors (Lipinski definition) is 4. The first-order chi connectivity index (χ1) is 11.3. The number of piperidine rings is 1.